The van der Waals surface area contributed by atoms with Gasteiger partial charge in [-0.15, -0.1) is 0 Å². The molecule has 1 atom stereocenters. The van der Waals surface area contributed by atoms with Gasteiger partial charge in [-0.3, -0.25) is 4.79 Å². The van der Waals surface area contributed by atoms with Crippen LogP contribution in [0.2, 0.25) is 5.15 Å². The van der Waals surface area contributed by atoms with Crippen LogP contribution in [-0.4, -0.2) is 35.1 Å². The van der Waals surface area contributed by atoms with Gasteiger partial charge < -0.3 is 10.4 Å². The van der Waals surface area contributed by atoms with Crippen molar-refractivity contribution < 1.29 is 23.1 Å². The number of halogens is 4. The minimum atomic E-state index is -2.98. The molecule has 1 aromatic heterocycles. The molecule has 0 aromatic carbocycles. The molecule has 17 heavy (non-hydrogen) atoms. The Labute approximate surface area is 99.4 Å². The second-order valence-corrected chi connectivity index (χ2v) is 3.46. The number of aliphatic hydroxyl groups excluding tert-OH is 1. The zero-order valence-electron chi connectivity index (χ0n) is 8.33. The highest BCUT2D eigenvalue weighted by atomic mass is 35.5. The van der Waals surface area contributed by atoms with Crippen LogP contribution in [0.15, 0.2) is 12.3 Å². The van der Waals surface area contributed by atoms with Gasteiger partial charge in [0.15, 0.2) is 0 Å². The van der Waals surface area contributed by atoms with Crippen molar-refractivity contribution in [2.24, 2.45) is 0 Å². The molecule has 1 aromatic rings. The Morgan fingerprint density at radius 2 is 2.24 bits per heavy atom. The van der Waals surface area contributed by atoms with Crippen molar-refractivity contribution in [1.29, 1.82) is 0 Å². The van der Waals surface area contributed by atoms with Gasteiger partial charge in [0.1, 0.15) is 17.1 Å². The Hall–Kier alpha value is -1.34. The van der Waals surface area contributed by atoms with E-state index in [2.05, 4.69) is 4.98 Å². The van der Waals surface area contributed by atoms with Gasteiger partial charge >= 0.3 is 0 Å². The fourth-order valence-electron chi connectivity index (χ4n) is 0.963. The van der Waals surface area contributed by atoms with Crippen LogP contribution in [-0.2, 0) is 0 Å². The predicted octanol–water partition coefficient (Wildman–Crippen LogP) is 1.23. The minimum Gasteiger partial charge on any atom is -0.385 e. The fraction of sp³-hybridized carbons (Fsp3) is 0.333. The van der Waals surface area contributed by atoms with Gasteiger partial charge in [0, 0.05) is 6.54 Å². The van der Waals surface area contributed by atoms with Crippen molar-refractivity contribution in [1.82, 2.24) is 10.3 Å². The van der Waals surface area contributed by atoms with E-state index >= 15 is 0 Å². The molecule has 1 rings (SSSR count). The Balaban J connectivity index is 2.67. The Bertz CT molecular complexity index is 417. The highest BCUT2D eigenvalue weighted by Crippen LogP contribution is 2.13. The molecule has 0 bridgehead atoms. The smallest absolute Gasteiger partial charge is 0.265 e. The summed E-state index contributed by atoms with van der Waals surface area (Å²) in [4.78, 5) is 14.8. The number of alkyl halides is 2. The number of nitrogens with one attached hydrogen (secondary N) is 1. The van der Waals surface area contributed by atoms with Crippen LogP contribution in [0.5, 0.6) is 0 Å². The van der Waals surface area contributed by atoms with E-state index in [1.54, 1.807) is 0 Å². The number of carbonyl (C=O) groups is 1. The fourth-order valence-corrected chi connectivity index (χ4v) is 1.15. The predicted molar refractivity (Wildman–Crippen MR) is 53.5 cm³/mol. The average molecular weight is 269 g/mol. The lowest BCUT2D eigenvalue weighted by Crippen LogP contribution is -2.36. The lowest BCUT2D eigenvalue weighted by molar-refractivity contribution is -0.00270. The van der Waals surface area contributed by atoms with Gasteiger partial charge in [-0.1, -0.05) is 11.6 Å². The third-order valence-electron chi connectivity index (χ3n) is 1.81. The number of hydrogen-bond donors (Lipinski definition) is 2. The summed E-state index contributed by atoms with van der Waals surface area (Å²) >= 11 is 5.52. The lowest BCUT2D eigenvalue weighted by atomic mass is 10.2. The third-order valence-corrected chi connectivity index (χ3v) is 2.11. The van der Waals surface area contributed by atoms with Crippen LogP contribution in [0.25, 0.3) is 0 Å². The molecule has 0 aliphatic rings. The first-order chi connectivity index (χ1) is 7.91. The SMILES string of the molecule is O=C(NCC(O)C(F)F)c1cc(F)cnc1Cl. The van der Waals surface area contributed by atoms with Gasteiger partial charge in [-0.2, -0.15) is 0 Å². The molecule has 0 aliphatic carbocycles. The van der Waals surface area contributed by atoms with Gasteiger partial charge in [0.2, 0.25) is 0 Å². The van der Waals surface area contributed by atoms with E-state index < -0.39 is 30.8 Å². The molecule has 94 valence electrons. The summed E-state index contributed by atoms with van der Waals surface area (Å²) in [5.41, 5.74) is -0.284. The van der Waals surface area contributed by atoms with Crippen molar-refractivity contribution in [3.63, 3.8) is 0 Å². The molecule has 0 spiro atoms. The third kappa shape index (κ3) is 3.86. The number of amides is 1. The maximum absolute atomic E-state index is 12.8. The first-order valence-corrected chi connectivity index (χ1v) is 4.85. The summed E-state index contributed by atoms with van der Waals surface area (Å²) in [5, 5.41) is 10.5. The number of hydrogen-bond acceptors (Lipinski definition) is 3. The number of rotatable bonds is 4. The molecule has 0 saturated carbocycles. The zero-order chi connectivity index (χ0) is 13.0. The lowest BCUT2D eigenvalue weighted by Gasteiger charge is -2.11. The number of carbonyl (C=O) groups excluding carboxylic acids is 1. The summed E-state index contributed by atoms with van der Waals surface area (Å²) in [5.74, 6) is -1.67. The van der Waals surface area contributed by atoms with Gasteiger partial charge in [-0.25, -0.2) is 18.2 Å². The van der Waals surface area contributed by atoms with Crippen molar-refractivity contribution in [2.45, 2.75) is 12.5 Å². The molecular weight excluding hydrogens is 261 g/mol. The first kappa shape index (κ1) is 13.7. The first-order valence-electron chi connectivity index (χ1n) is 4.47. The van der Waals surface area contributed by atoms with E-state index in [0.29, 0.717) is 0 Å². The molecule has 0 saturated heterocycles. The topological polar surface area (TPSA) is 62.2 Å². The maximum Gasteiger partial charge on any atom is 0.265 e. The van der Waals surface area contributed by atoms with Crippen molar-refractivity contribution in [2.75, 3.05) is 6.54 Å². The van der Waals surface area contributed by atoms with E-state index in [9.17, 15) is 18.0 Å². The Morgan fingerprint density at radius 1 is 1.59 bits per heavy atom. The molecule has 4 nitrogen and oxygen atoms in total. The van der Waals surface area contributed by atoms with E-state index in [1.807, 2.05) is 5.32 Å². The van der Waals surface area contributed by atoms with Gasteiger partial charge in [0.05, 0.1) is 11.8 Å². The molecule has 1 amide bonds. The van der Waals surface area contributed by atoms with Crippen molar-refractivity contribution in [3.8, 4) is 0 Å². The summed E-state index contributed by atoms with van der Waals surface area (Å²) in [6.45, 7) is -0.663. The van der Waals surface area contributed by atoms with E-state index in [0.717, 1.165) is 12.3 Å². The van der Waals surface area contributed by atoms with Gasteiger partial charge in [0.25, 0.3) is 12.3 Å². The van der Waals surface area contributed by atoms with Crippen molar-refractivity contribution >= 4 is 17.5 Å². The average Bonchev–Trinajstić information content (AvgIpc) is 2.28. The molecule has 1 heterocycles. The maximum atomic E-state index is 12.8. The van der Waals surface area contributed by atoms with E-state index in [-0.39, 0.29) is 10.7 Å². The highest BCUT2D eigenvalue weighted by molar-refractivity contribution is 6.32. The summed E-state index contributed by atoms with van der Waals surface area (Å²) in [6.07, 6.45) is -4.15. The van der Waals surface area contributed by atoms with Crippen LogP contribution in [0.3, 0.4) is 0 Å². The molecule has 1 unspecified atom stereocenters. The van der Waals surface area contributed by atoms with Crippen LogP contribution in [0.1, 0.15) is 10.4 Å². The largest absolute Gasteiger partial charge is 0.385 e. The molecule has 8 heteroatoms. The Morgan fingerprint density at radius 3 is 2.82 bits per heavy atom. The number of aromatic nitrogens is 1. The summed E-state index contributed by atoms with van der Waals surface area (Å²) < 4.78 is 36.6. The minimum absolute atomic E-state index is 0.254. The molecule has 0 radical (unpaired) electrons. The Kier molecular flexibility index (Phi) is 4.71. The number of nitrogens with zero attached hydrogens (tertiary/aromatic N) is 1. The summed E-state index contributed by atoms with van der Waals surface area (Å²) in [7, 11) is 0. The second kappa shape index (κ2) is 5.83. The second-order valence-electron chi connectivity index (χ2n) is 3.10. The number of aliphatic hydroxyl groups is 1. The van der Waals surface area contributed by atoms with Crippen LogP contribution < -0.4 is 5.32 Å². The van der Waals surface area contributed by atoms with Crippen LogP contribution >= 0.6 is 11.6 Å². The normalized spacial score (nSPS) is 12.6. The summed E-state index contributed by atoms with van der Waals surface area (Å²) in [6, 6.07) is 0.819. The molecule has 0 fully saturated rings. The number of pyridine rings is 1. The quantitative estimate of drug-likeness (QED) is 0.808. The monoisotopic (exact) mass is 268 g/mol. The van der Waals surface area contributed by atoms with Crippen molar-refractivity contribution in [3.05, 3.63) is 28.8 Å². The van der Waals surface area contributed by atoms with Gasteiger partial charge in [-0.05, 0) is 6.07 Å². The molecule has 0 aliphatic heterocycles. The van der Waals surface area contributed by atoms with E-state index in [4.69, 9.17) is 16.7 Å². The van der Waals surface area contributed by atoms with Crippen LogP contribution in [0, 0.1) is 5.82 Å². The highest BCUT2D eigenvalue weighted by Gasteiger charge is 2.19. The van der Waals surface area contributed by atoms with Crippen LogP contribution in [0.4, 0.5) is 13.2 Å². The molecular formula is C9H8ClF3N2O2. The standard InChI is InChI=1S/C9H8ClF3N2O2/c10-7-5(1-4(11)2-14-7)9(17)15-3-6(16)8(12)13/h1-2,6,8,16H,3H2,(H,15,17). The molecule has 2 N–H and O–H groups in total. The zero-order valence-corrected chi connectivity index (χ0v) is 9.09. The van der Waals surface area contributed by atoms with E-state index in [1.165, 1.54) is 0 Å².